The van der Waals surface area contributed by atoms with Gasteiger partial charge in [-0.25, -0.2) is 4.79 Å². The molecule has 1 rings (SSSR count). The van der Waals surface area contributed by atoms with Crippen LogP contribution in [0.4, 0.5) is 10.5 Å². The smallest absolute Gasteiger partial charge is 0.323 e. The van der Waals surface area contributed by atoms with Crippen LogP contribution in [-0.2, 0) is 4.79 Å². The van der Waals surface area contributed by atoms with Crippen molar-refractivity contribution in [3.63, 3.8) is 0 Å². The largest absolute Gasteiger partial charge is 0.480 e. The maximum Gasteiger partial charge on any atom is 0.323 e. The van der Waals surface area contributed by atoms with E-state index in [2.05, 4.69) is 21.2 Å². The number of aryl methyl sites for hydroxylation is 1. The first-order valence-corrected chi connectivity index (χ1v) is 6.66. The van der Waals surface area contributed by atoms with Crippen LogP contribution in [0.3, 0.4) is 0 Å². The minimum Gasteiger partial charge on any atom is -0.480 e. The van der Waals surface area contributed by atoms with Crippen LogP contribution in [0, 0.1) is 6.92 Å². The average Bonchev–Trinajstić information content (AvgIpc) is 2.30. The second-order valence-corrected chi connectivity index (χ2v) is 5.36. The third-order valence-corrected chi connectivity index (χ3v) is 3.49. The first kappa shape index (κ1) is 15.5. The van der Waals surface area contributed by atoms with Gasteiger partial charge in [0.05, 0.1) is 0 Å². The monoisotopic (exact) mass is 328 g/mol. The number of carboxylic acids is 1. The Labute approximate surface area is 120 Å². The number of benzene rings is 1. The lowest BCUT2D eigenvalue weighted by Gasteiger charge is -2.25. The molecule has 0 fully saturated rings. The number of carbonyl (C=O) groups excluding carboxylic acids is 1. The predicted molar refractivity (Wildman–Crippen MR) is 77.4 cm³/mol. The number of amides is 2. The van der Waals surface area contributed by atoms with Crippen molar-refractivity contribution in [3.8, 4) is 0 Å². The number of carboxylic acid groups (broad SMARTS) is 1. The van der Waals surface area contributed by atoms with E-state index in [4.69, 9.17) is 5.11 Å². The van der Waals surface area contributed by atoms with Crippen LogP contribution in [0.5, 0.6) is 0 Å². The zero-order valence-electron chi connectivity index (χ0n) is 11.1. The number of carbonyl (C=O) groups is 2. The van der Waals surface area contributed by atoms with Crippen LogP contribution < -0.4 is 5.32 Å². The summed E-state index contributed by atoms with van der Waals surface area (Å²) < 4.78 is 0.955. The quantitative estimate of drug-likeness (QED) is 0.892. The van der Waals surface area contributed by atoms with Crippen molar-refractivity contribution >= 4 is 33.6 Å². The molecule has 1 aromatic carbocycles. The van der Waals surface area contributed by atoms with Gasteiger partial charge in [0.1, 0.15) is 6.54 Å². The van der Waals surface area contributed by atoms with Gasteiger partial charge in [-0.3, -0.25) is 4.79 Å². The summed E-state index contributed by atoms with van der Waals surface area (Å²) in [6, 6.07) is 4.81. The van der Waals surface area contributed by atoms with Crippen LogP contribution in [-0.4, -0.2) is 34.6 Å². The Kier molecular flexibility index (Phi) is 5.35. The molecule has 0 aromatic heterocycles. The molecule has 5 nitrogen and oxygen atoms in total. The highest BCUT2D eigenvalue weighted by molar-refractivity contribution is 9.10. The fraction of sp³-hybridized carbons (Fsp3) is 0.385. The standard InChI is InChI=1S/C13H17BrN2O3/c1-8(2)16(7-12(17)18)13(19)15-10-4-5-11(14)9(3)6-10/h4-6,8H,7H2,1-3H3,(H,15,19)(H,17,18). The lowest BCUT2D eigenvalue weighted by atomic mass is 10.2. The molecule has 0 radical (unpaired) electrons. The van der Waals surface area contributed by atoms with Gasteiger partial charge < -0.3 is 15.3 Å². The van der Waals surface area contributed by atoms with Crippen molar-refractivity contribution in [1.29, 1.82) is 0 Å². The molecule has 0 bridgehead atoms. The minimum atomic E-state index is -1.03. The van der Waals surface area contributed by atoms with E-state index < -0.39 is 12.0 Å². The molecular formula is C13H17BrN2O3. The molecule has 104 valence electrons. The maximum atomic E-state index is 12.0. The molecule has 0 heterocycles. The van der Waals surface area contributed by atoms with Crippen molar-refractivity contribution < 1.29 is 14.7 Å². The zero-order valence-corrected chi connectivity index (χ0v) is 12.7. The van der Waals surface area contributed by atoms with E-state index in [-0.39, 0.29) is 12.6 Å². The predicted octanol–water partition coefficient (Wildman–Crippen LogP) is 3.08. The molecule has 19 heavy (non-hydrogen) atoms. The van der Waals surface area contributed by atoms with Gasteiger partial charge in [0.25, 0.3) is 0 Å². The molecule has 0 aliphatic rings. The van der Waals surface area contributed by atoms with Crippen molar-refractivity contribution in [2.75, 3.05) is 11.9 Å². The van der Waals surface area contributed by atoms with E-state index in [0.717, 1.165) is 10.0 Å². The fourth-order valence-electron chi connectivity index (χ4n) is 1.55. The van der Waals surface area contributed by atoms with E-state index in [9.17, 15) is 9.59 Å². The highest BCUT2D eigenvalue weighted by atomic mass is 79.9. The molecule has 6 heteroatoms. The minimum absolute atomic E-state index is 0.187. The molecule has 0 aliphatic heterocycles. The summed E-state index contributed by atoms with van der Waals surface area (Å²) in [5.74, 6) is -1.03. The number of halogens is 1. The van der Waals surface area contributed by atoms with E-state index >= 15 is 0 Å². The Morgan fingerprint density at radius 1 is 1.42 bits per heavy atom. The molecule has 2 N–H and O–H groups in total. The summed E-state index contributed by atoms with van der Waals surface area (Å²) in [5, 5.41) is 11.5. The number of hydrogen-bond acceptors (Lipinski definition) is 2. The highest BCUT2D eigenvalue weighted by Crippen LogP contribution is 2.20. The summed E-state index contributed by atoms with van der Waals surface area (Å²) in [6.45, 7) is 5.14. The van der Waals surface area contributed by atoms with Gasteiger partial charge in [-0.15, -0.1) is 0 Å². The number of rotatable bonds is 4. The summed E-state index contributed by atoms with van der Waals surface area (Å²) in [4.78, 5) is 24.0. The molecule has 0 unspecified atom stereocenters. The first-order valence-electron chi connectivity index (χ1n) is 5.87. The molecule has 1 aromatic rings. The topological polar surface area (TPSA) is 69.6 Å². The van der Waals surface area contributed by atoms with Gasteiger partial charge >= 0.3 is 12.0 Å². The number of nitrogens with zero attached hydrogens (tertiary/aromatic N) is 1. The Hall–Kier alpha value is -1.56. The van der Waals surface area contributed by atoms with Crippen LogP contribution >= 0.6 is 15.9 Å². The van der Waals surface area contributed by atoms with Crippen molar-refractivity contribution in [1.82, 2.24) is 4.90 Å². The number of aliphatic carboxylic acids is 1. The summed E-state index contributed by atoms with van der Waals surface area (Å²) in [5.41, 5.74) is 1.63. The van der Waals surface area contributed by atoms with Crippen LogP contribution in [0.15, 0.2) is 22.7 Å². The summed E-state index contributed by atoms with van der Waals surface area (Å²) in [6.07, 6.45) is 0. The summed E-state index contributed by atoms with van der Waals surface area (Å²) in [7, 11) is 0. The maximum absolute atomic E-state index is 12.0. The Morgan fingerprint density at radius 3 is 2.53 bits per heavy atom. The van der Waals surface area contributed by atoms with E-state index in [1.807, 2.05) is 19.1 Å². The lowest BCUT2D eigenvalue weighted by molar-refractivity contribution is -0.137. The SMILES string of the molecule is Cc1cc(NC(=O)N(CC(=O)O)C(C)C)ccc1Br. The normalized spacial score (nSPS) is 10.4. The van der Waals surface area contributed by atoms with Gasteiger partial charge in [0.15, 0.2) is 0 Å². The van der Waals surface area contributed by atoms with Crippen LogP contribution in [0.1, 0.15) is 19.4 Å². The Balaban J connectivity index is 2.81. The molecule has 0 atom stereocenters. The highest BCUT2D eigenvalue weighted by Gasteiger charge is 2.19. The van der Waals surface area contributed by atoms with Gasteiger partial charge in [0, 0.05) is 16.2 Å². The third-order valence-electron chi connectivity index (χ3n) is 2.60. The number of hydrogen-bond donors (Lipinski definition) is 2. The molecule has 0 aliphatic carbocycles. The van der Waals surface area contributed by atoms with Gasteiger partial charge in [-0.1, -0.05) is 15.9 Å². The number of anilines is 1. The van der Waals surface area contributed by atoms with Gasteiger partial charge in [0.2, 0.25) is 0 Å². The molecule has 2 amide bonds. The van der Waals surface area contributed by atoms with Crippen LogP contribution in [0.2, 0.25) is 0 Å². The fourth-order valence-corrected chi connectivity index (χ4v) is 1.80. The molecule has 0 spiro atoms. The average molecular weight is 329 g/mol. The van der Waals surface area contributed by atoms with Crippen LogP contribution in [0.25, 0.3) is 0 Å². The van der Waals surface area contributed by atoms with Crippen molar-refractivity contribution in [2.24, 2.45) is 0 Å². The lowest BCUT2D eigenvalue weighted by Crippen LogP contribution is -2.43. The second-order valence-electron chi connectivity index (χ2n) is 4.51. The van der Waals surface area contributed by atoms with Crippen molar-refractivity contribution in [2.45, 2.75) is 26.8 Å². The first-order chi connectivity index (χ1) is 8.81. The second kappa shape index (κ2) is 6.56. The number of nitrogens with one attached hydrogen (secondary N) is 1. The van der Waals surface area contributed by atoms with E-state index in [1.54, 1.807) is 19.9 Å². The molecule has 0 saturated heterocycles. The molecule has 0 saturated carbocycles. The third kappa shape index (κ3) is 4.55. The molecular weight excluding hydrogens is 312 g/mol. The Bertz CT molecular complexity index is 489. The summed E-state index contributed by atoms with van der Waals surface area (Å²) >= 11 is 3.38. The van der Waals surface area contributed by atoms with E-state index in [1.165, 1.54) is 4.90 Å². The zero-order chi connectivity index (χ0) is 14.6. The van der Waals surface area contributed by atoms with Gasteiger partial charge in [-0.2, -0.15) is 0 Å². The van der Waals surface area contributed by atoms with Crippen molar-refractivity contribution in [3.05, 3.63) is 28.2 Å². The van der Waals surface area contributed by atoms with Gasteiger partial charge in [-0.05, 0) is 44.5 Å². The number of urea groups is 1. The van der Waals surface area contributed by atoms with E-state index in [0.29, 0.717) is 5.69 Å². The Morgan fingerprint density at radius 2 is 2.05 bits per heavy atom.